The Morgan fingerprint density at radius 1 is 1.08 bits per heavy atom. The van der Waals surface area contributed by atoms with Crippen LogP contribution in [0.2, 0.25) is 0 Å². The van der Waals surface area contributed by atoms with Crippen LogP contribution in [-0.4, -0.2) is 16.8 Å². The Bertz CT molecular complexity index is 348. The van der Waals surface area contributed by atoms with E-state index >= 15 is 0 Å². The van der Waals surface area contributed by atoms with Crippen LogP contribution < -0.4 is 57.2 Å². The van der Waals surface area contributed by atoms with Gasteiger partial charge in [0.2, 0.25) is 0 Å². The predicted molar refractivity (Wildman–Crippen MR) is 42.2 cm³/mol. The standard InChI is InChI=1S/C8H6N2O2.K.H/c9-10-7(11)5-3-1-2-4-6(5)8(10)12;;/h1-4H,9H2;;/q;+1;-1. The van der Waals surface area contributed by atoms with Gasteiger partial charge >= 0.3 is 51.4 Å². The monoisotopic (exact) mass is 202 g/mol. The number of benzene rings is 1. The Hall–Kier alpha value is -0.0436. The van der Waals surface area contributed by atoms with Gasteiger partial charge in [0, 0.05) is 0 Å². The molecule has 1 aliphatic heterocycles. The molecule has 2 amide bonds. The number of rotatable bonds is 0. The summed E-state index contributed by atoms with van der Waals surface area (Å²) in [5, 5.41) is 0.630. The van der Waals surface area contributed by atoms with Crippen LogP contribution in [0.1, 0.15) is 22.1 Å². The van der Waals surface area contributed by atoms with E-state index in [2.05, 4.69) is 0 Å². The van der Waals surface area contributed by atoms with Crippen molar-refractivity contribution in [2.24, 2.45) is 5.84 Å². The number of nitrogens with two attached hydrogens (primary N) is 1. The summed E-state index contributed by atoms with van der Waals surface area (Å²) < 4.78 is 0. The van der Waals surface area contributed by atoms with Gasteiger partial charge in [-0.3, -0.25) is 9.59 Å². The molecule has 62 valence electrons. The molecule has 4 nitrogen and oxygen atoms in total. The first kappa shape index (κ1) is 11.0. The Morgan fingerprint density at radius 2 is 1.46 bits per heavy atom. The Morgan fingerprint density at radius 3 is 1.85 bits per heavy atom. The first-order valence-electron chi connectivity index (χ1n) is 3.44. The minimum absolute atomic E-state index is 0. The number of amides is 2. The van der Waals surface area contributed by atoms with Gasteiger partial charge in [-0.05, 0) is 12.1 Å². The summed E-state index contributed by atoms with van der Waals surface area (Å²) in [6.07, 6.45) is 0. The van der Waals surface area contributed by atoms with Gasteiger partial charge in [-0.2, -0.15) is 0 Å². The number of imide groups is 1. The van der Waals surface area contributed by atoms with Crippen molar-refractivity contribution < 1.29 is 62.4 Å². The number of carbonyl (C=O) groups excluding carboxylic acids is 2. The first-order valence-corrected chi connectivity index (χ1v) is 3.44. The van der Waals surface area contributed by atoms with E-state index in [-0.39, 0.29) is 52.8 Å². The average Bonchev–Trinajstić information content (AvgIpc) is 2.33. The van der Waals surface area contributed by atoms with Gasteiger partial charge in [0.05, 0.1) is 11.1 Å². The van der Waals surface area contributed by atoms with Crippen LogP contribution in [0.3, 0.4) is 0 Å². The maximum atomic E-state index is 11.2. The van der Waals surface area contributed by atoms with E-state index in [1.54, 1.807) is 24.3 Å². The molecule has 0 bridgehead atoms. The zero-order chi connectivity index (χ0) is 8.72. The number of carbonyl (C=O) groups is 2. The number of hydrazine groups is 1. The summed E-state index contributed by atoms with van der Waals surface area (Å²) in [5.41, 5.74) is 0.759. The van der Waals surface area contributed by atoms with E-state index in [1.807, 2.05) is 0 Å². The average molecular weight is 202 g/mol. The summed E-state index contributed by atoms with van der Waals surface area (Å²) in [5.74, 6) is 4.34. The van der Waals surface area contributed by atoms with Gasteiger partial charge in [-0.25, -0.2) is 10.9 Å². The second kappa shape index (κ2) is 3.99. The molecule has 0 atom stereocenters. The normalized spacial score (nSPS) is 14.1. The van der Waals surface area contributed by atoms with Crippen molar-refractivity contribution in [2.45, 2.75) is 0 Å². The quantitative estimate of drug-likeness (QED) is 0.215. The second-order valence-corrected chi connectivity index (χ2v) is 2.53. The Labute approximate surface area is 119 Å². The molecule has 0 radical (unpaired) electrons. The van der Waals surface area contributed by atoms with E-state index < -0.39 is 11.8 Å². The van der Waals surface area contributed by atoms with Crippen LogP contribution in [0.15, 0.2) is 24.3 Å². The summed E-state index contributed by atoms with van der Waals surface area (Å²) >= 11 is 0. The number of hydrogen-bond donors (Lipinski definition) is 1. The van der Waals surface area contributed by atoms with E-state index in [4.69, 9.17) is 5.84 Å². The van der Waals surface area contributed by atoms with Crippen LogP contribution in [0, 0.1) is 0 Å². The van der Waals surface area contributed by atoms with E-state index in [9.17, 15) is 9.59 Å². The molecular weight excluding hydrogens is 195 g/mol. The fourth-order valence-corrected chi connectivity index (χ4v) is 1.21. The molecule has 0 aliphatic carbocycles. The molecule has 1 heterocycles. The van der Waals surface area contributed by atoms with Gasteiger partial charge in [0.1, 0.15) is 0 Å². The zero-order valence-corrected chi connectivity index (χ0v) is 10.3. The predicted octanol–water partition coefficient (Wildman–Crippen LogP) is -2.73. The van der Waals surface area contributed by atoms with Crippen molar-refractivity contribution >= 4 is 11.8 Å². The number of nitrogens with zero attached hydrogens (tertiary/aromatic N) is 1. The van der Waals surface area contributed by atoms with Crippen molar-refractivity contribution in [2.75, 3.05) is 0 Å². The maximum absolute atomic E-state index is 11.2. The van der Waals surface area contributed by atoms with Crippen molar-refractivity contribution in [1.29, 1.82) is 0 Å². The molecular formula is C8H7KN2O2. The number of hydrogen-bond acceptors (Lipinski definition) is 3. The van der Waals surface area contributed by atoms with Crippen molar-refractivity contribution in [3.8, 4) is 0 Å². The third kappa shape index (κ3) is 1.63. The third-order valence-electron chi connectivity index (χ3n) is 1.83. The van der Waals surface area contributed by atoms with Crippen LogP contribution >= 0.6 is 0 Å². The fraction of sp³-hybridized carbons (Fsp3) is 0. The zero-order valence-electron chi connectivity index (χ0n) is 8.15. The van der Waals surface area contributed by atoms with E-state index in [1.165, 1.54) is 0 Å². The van der Waals surface area contributed by atoms with Crippen LogP contribution in [0.5, 0.6) is 0 Å². The molecule has 0 saturated carbocycles. The second-order valence-electron chi connectivity index (χ2n) is 2.53. The largest absolute Gasteiger partial charge is 1.00 e. The summed E-state index contributed by atoms with van der Waals surface area (Å²) in [7, 11) is 0. The molecule has 1 aromatic rings. The van der Waals surface area contributed by atoms with Crippen molar-refractivity contribution in [3.63, 3.8) is 0 Å². The summed E-state index contributed by atoms with van der Waals surface area (Å²) in [6, 6.07) is 6.57. The minimum Gasteiger partial charge on any atom is -1.00 e. The summed E-state index contributed by atoms with van der Waals surface area (Å²) in [6.45, 7) is 0. The molecule has 1 aliphatic rings. The SMILES string of the molecule is NN1C(=O)c2ccccc2C1=O.[H-].[K+]. The molecule has 0 fully saturated rings. The van der Waals surface area contributed by atoms with Gasteiger partial charge < -0.3 is 1.43 Å². The van der Waals surface area contributed by atoms with Gasteiger partial charge in [-0.15, -0.1) is 0 Å². The molecule has 2 N–H and O–H groups in total. The smallest absolute Gasteiger partial charge is 1.00 e. The van der Waals surface area contributed by atoms with Gasteiger partial charge in [0.15, 0.2) is 0 Å². The molecule has 0 saturated heterocycles. The van der Waals surface area contributed by atoms with Crippen LogP contribution in [0.25, 0.3) is 0 Å². The van der Waals surface area contributed by atoms with Gasteiger partial charge in [0.25, 0.3) is 11.8 Å². The molecule has 13 heavy (non-hydrogen) atoms. The van der Waals surface area contributed by atoms with Crippen molar-refractivity contribution in [1.82, 2.24) is 5.01 Å². The third-order valence-corrected chi connectivity index (χ3v) is 1.83. The summed E-state index contributed by atoms with van der Waals surface area (Å²) in [4.78, 5) is 22.4. The number of fused-ring (bicyclic) bond motifs is 1. The van der Waals surface area contributed by atoms with Crippen molar-refractivity contribution in [3.05, 3.63) is 35.4 Å². The van der Waals surface area contributed by atoms with E-state index in [0.717, 1.165) is 0 Å². The molecule has 5 heteroatoms. The van der Waals surface area contributed by atoms with E-state index in [0.29, 0.717) is 16.1 Å². The Kier molecular flexibility index (Phi) is 3.39. The molecule has 1 aromatic carbocycles. The molecule has 0 unspecified atom stereocenters. The topological polar surface area (TPSA) is 63.4 Å². The van der Waals surface area contributed by atoms with Crippen LogP contribution in [0.4, 0.5) is 0 Å². The molecule has 0 spiro atoms. The fourth-order valence-electron chi connectivity index (χ4n) is 1.21. The molecule has 0 aromatic heterocycles. The minimum atomic E-state index is -0.435. The Balaban J connectivity index is 0.000000845. The van der Waals surface area contributed by atoms with Gasteiger partial charge in [-0.1, -0.05) is 12.1 Å². The first-order chi connectivity index (χ1) is 5.72. The maximum Gasteiger partial charge on any atom is 1.00 e. The molecule has 2 rings (SSSR count). The van der Waals surface area contributed by atoms with Crippen LogP contribution in [-0.2, 0) is 0 Å².